The Bertz CT molecular complexity index is 1220. The minimum Gasteiger partial charge on any atom is -0.507 e. The lowest BCUT2D eigenvalue weighted by Gasteiger charge is -2.25. The topological polar surface area (TPSA) is 98.2 Å². The second-order valence-corrected chi connectivity index (χ2v) is 7.22. The standard InChI is InChI=1S/C25H22N2O6/c1-31-17-8-6-16(7-9-17)27-22(15-5-4-12-26-14-15)21(24(29)25(27)30)23(28)19-13-18(32-2)10-11-20(19)33-3/h4-14,22,28H,1-3H3/b23-21+. The molecule has 1 amide bonds. The predicted octanol–water partition coefficient (Wildman–Crippen LogP) is 3.73. The number of hydrogen-bond acceptors (Lipinski definition) is 7. The van der Waals surface area contributed by atoms with E-state index in [1.807, 2.05) is 0 Å². The quantitative estimate of drug-likeness (QED) is 0.350. The van der Waals surface area contributed by atoms with E-state index in [4.69, 9.17) is 14.2 Å². The van der Waals surface area contributed by atoms with Crippen LogP contribution in [0.25, 0.3) is 5.76 Å². The number of nitrogens with zero attached hydrogens (tertiary/aromatic N) is 2. The number of amides is 1. The average Bonchev–Trinajstić information content (AvgIpc) is 3.14. The SMILES string of the molecule is COc1ccc(N2C(=O)C(=O)/C(=C(/O)c3cc(OC)ccc3OC)C2c2cccnc2)cc1. The summed E-state index contributed by atoms with van der Waals surface area (Å²) in [4.78, 5) is 31.9. The molecule has 8 heteroatoms. The molecule has 0 radical (unpaired) electrons. The minimum atomic E-state index is -0.900. The van der Waals surface area contributed by atoms with Crippen molar-refractivity contribution in [2.24, 2.45) is 0 Å². The van der Waals surface area contributed by atoms with Gasteiger partial charge in [-0.3, -0.25) is 19.5 Å². The molecule has 168 valence electrons. The molecule has 3 aromatic rings. The van der Waals surface area contributed by atoms with Gasteiger partial charge in [0.2, 0.25) is 0 Å². The summed E-state index contributed by atoms with van der Waals surface area (Å²) in [7, 11) is 4.48. The summed E-state index contributed by atoms with van der Waals surface area (Å²) in [6.07, 6.45) is 3.15. The first-order valence-electron chi connectivity index (χ1n) is 10.1. The molecule has 1 fully saturated rings. The van der Waals surface area contributed by atoms with Crippen LogP contribution in [0.15, 0.2) is 72.6 Å². The number of ketones is 1. The number of carbonyl (C=O) groups excluding carboxylic acids is 2. The van der Waals surface area contributed by atoms with Gasteiger partial charge in [0.25, 0.3) is 11.7 Å². The number of ether oxygens (including phenoxy) is 3. The molecule has 0 bridgehead atoms. The van der Waals surface area contributed by atoms with Crippen LogP contribution in [0.2, 0.25) is 0 Å². The first kappa shape index (κ1) is 21.9. The fourth-order valence-corrected chi connectivity index (χ4v) is 3.84. The fraction of sp³-hybridized carbons (Fsp3) is 0.160. The van der Waals surface area contributed by atoms with Crippen LogP contribution < -0.4 is 19.1 Å². The van der Waals surface area contributed by atoms with E-state index in [-0.39, 0.29) is 16.9 Å². The largest absolute Gasteiger partial charge is 0.507 e. The number of aromatic nitrogens is 1. The number of aliphatic hydroxyl groups is 1. The molecule has 1 saturated heterocycles. The summed E-state index contributed by atoms with van der Waals surface area (Å²) in [5.41, 5.74) is 1.20. The van der Waals surface area contributed by atoms with Crippen molar-refractivity contribution < 1.29 is 28.9 Å². The highest BCUT2D eigenvalue weighted by Crippen LogP contribution is 2.43. The third-order valence-corrected chi connectivity index (χ3v) is 5.46. The van der Waals surface area contributed by atoms with E-state index in [0.29, 0.717) is 28.5 Å². The van der Waals surface area contributed by atoms with Gasteiger partial charge < -0.3 is 19.3 Å². The van der Waals surface area contributed by atoms with Crippen LogP contribution in [-0.2, 0) is 9.59 Å². The van der Waals surface area contributed by atoms with E-state index < -0.39 is 17.7 Å². The number of hydrogen-bond donors (Lipinski definition) is 1. The molecule has 1 N–H and O–H groups in total. The van der Waals surface area contributed by atoms with Gasteiger partial charge in [-0.1, -0.05) is 6.07 Å². The minimum absolute atomic E-state index is 0.0737. The smallest absolute Gasteiger partial charge is 0.300 e. The number of benzene rings is 2. The molecule has 0 spiro atoms. The first-order valence-corrected chi connectivity index (χ1v) is 10.1. The summed E-state index contributed by atoms with van der Waals surface area (Å²) < 4.78 is 15.8. The third kappa shape index (κ3) is 3.87. The van der Waals surface area contributed by atoms with Crippen molar-refractivity contribution >= 4 is 23.1 Å². The maximum absolute atomic E-state index is 13.2. The number of Topliss-reactive ketones (excluding diaryl/α,β-unsaturated/α-hetero) is 1. The molecule has 1 atom stereocenters. The van der Waals surface area contributed by atoms with Crippen LogP contribution in [-0.4, -0.2) is 43.1 Å². The van der Waals surface area contributed by atoms with E-state index in [0.717, 1.165) is 0 Å². The molecule has 4 rings (SSSR count). The van der Waals surface area contributed by atoms with Crippen molar-refractivity contribution in [3.05, 3.63) is 83.7 Å². The molecule has 0 aliphatic carbocycles. The Morgan fingerprint density at radius 2 is 1.64 bits per heavy atom. The molecule has 1 aromatic heterocycles. The lowest BCUT2D eigenvalue weighted by Crippen LogP contribution is -2.29. The molecule has 2 aromatic carbocycles. The van der Waals surface area contributed by atoms with E-state index >= 15 is 0 Å². The van der Waals surface area contributed by atoms with Gasteiger partial charge in [-0.25, -0.2) is 0 Å². The Hall–Kier alpha value is -4.33. The van der Waals surface area contributed by atoms with E-state index in [1.165, 1.54) is 19.1 Å². The van der Waals surface area contributed by atoms with Gasteiger partial charge in [0.1, 0.15) is 23.0 Å². The van der Waals surface area contributed by atoms with Crippen molar-refractivity contribution in [1.82, 2.24) is 4.98 Å². The Balaban J connectivity index is 1.95. The highest BCUT2D eigenvalue weighted by Gasteiger charge is 2.47. The Kier molecular flexibility index (Phi) is 5.99. The summed E-state index contributed by atoms with van der Waals surface area (Å²) >= 11 is 0. The Labute approximate surface area is 190 Å². The number of anilines is 1. The second-order valence-electron chi connectivity index (χ2n) is 7.22. The molecule has 33 heavy (non-hydrogen) atoms. The van der Waals surface area contributed by atoms with Gasteiger partial charge >= 0.3 is 0 Å². The third-order valence-electron chi connectivity index (χ3n) is 5.46. The Morgan fingerprint density at radius 1 is 0.939 bits per heavy atom. The lowest BCUT2D eigenvalue weighted by atomic mass is 9.95. The highest BCUT2D eigenvalue weighted by atomic mass is 16.5. The number of aliphatic hydroxyl groups excluding tert-OH is 1. The van der Waals surface area contributed by atoms with E-state index in [2.05, 4.69) is 4.98 Å². The van der Waals surface area contributed by atoms with Gasteiger partial charge in [0.15, 0.2) is 0 Å². The zero-order valence-electron chi connectivity index (χ0n) is 18.3. The summed E-state index contributed by atoms with van der Waals surface area (Å²) in [5.74, 6) is -0.559. The fourth-order valence-electron chi connectivity index (χ4n) is 3.84. The van der Waals surface area contributed by atoms with Gasteiger partial charge in [-0.2, -0.15) is 0 Å². The summed E-state index contributed by atoms with van der Waals surface area (Å²) in [6.45, 7) is 0. The van der Waals surface area contributed by atoms with Crippen LogP contribution >= 0.6 is 0 Å². The molecule has 0 saturated carbocycles. The molecule has 8 nitrogen and oxygen atoms in total. The summed E-state index contributed by atoms with van der Waals surface area (Å²) in [5, 5.41) is 11.3. The van der Waals surface area contributed by atoms with Crippen LogP contribution in [0, 0.1) is 0 Å². The van der Waals surface area contributed by atoms with Gasteiger partial charge in [-0.05, 0) is 54.1 Å². The monoisotopic (exact) mass is 446 g/mol. The summed E-state index contributed by atoms with van der Waals surface area (Å²) in [6, 6.07) is 14.1. The maximum atomic E-state index is 13.2. The molecule has 1 aliphatic rings. The number of methoxy groups -OCH3 is 3. The zero-order chi connectivity index (χ0) is 23.5. The van der Waals surface area contributed by atoms with Crippen molar-refractivity contribution in [2.75, 3.05) is 26.2 Å². The maximum Gasteiger partial charge on any atom is 0.300 e. The second kappa shape index (κ2) is 9.04. The molecule has 2 heterocycles. The first-order chi connectivity index (χ1) is 16.0. The van der Waals surface area contributed by atoms with Crippen LogP contribution in [0.5, 0.6) is 17.2 Å². The van der Waals surface area contributed by atoms with Gasteiger partial charge in [0, 0.05) is 18.1 Å². The Morgan fingerprint density at radius 3 is 2.24 bits per heavy atom. The van der Waals surface area contributed by atoms with Gasteiger partial charge in [0.05, 0.1) is 38.5 Å². The van der Waals surface area contributed by atoms with Crippen LogP contribution in [0.4, 0.5) is 5.69 Å². The molecular formula is C25H22N2O6. The highest BCUT2D eigenvalue weighted by molar-refractivity contribution is 6.51. The normalized spacial score (nSPS) is 17.2. The number of pyridine rings is 1. The lowest BCUT2D eigenvalue weighted by molar-refractivity contribution is -0.132. The average molecular weight is 446 g/mol. The van der Waals surface area contributed by atoms with Gasteiger partial charge in [-0.15, -0.1) is 0 Å². The predicted molar refractivity (Wildman–Crippen MR) is 122 cm³/mol. The molecular weight excluding hydrogens is 424 g/mol. The van der Waals surface area contributed by atoms with E-state index in [9.17, 15) is 14.7 Å². The van der Waals surface area contributed by atoms with Crippen molar-refractivity contribution in [2.45, 2.75) is 6.04 Å². The number of rotatable bonds is 6. The van der Waals surface area contributed by atoms with E-state index in [1.54, 1.807) is 74.1 Å². The zero-order valence-corrected chi connectivity index (χ0v) is 18.3. The van der Waals surface area contributed by atoms with Crippen LogP contribution in [0.1, 0.15) is 17.2 Å². The molecule has 1 aliphatic heterocycles. The van der Waals surface area contributed by atoms with Crippen LogP contribution in [0.3, 0.4) is 0 Å². The van der Waals surface area contributed by atoms with Crippen molar-refractivity contribution in [3.8, 4) is 17.2 Å². The van der Waals surface area contributed by atoms with Crippen molar-refractivity contribution in [3.63, 3.8) is 0 Å². The molecule has 1 unspecified atom stereocenters. The number of carbonyl (C=O) groups is 2. The van der Waals surface area contributed by atoms with Crippen molar-refractivity contribution in [1.29, 1.82) is 0 Å².